The molecule has 1 fully saturated rings. The van der Waals surface area contributed by atoms with Gasteiger partial charge in [-0.15, -0.1) is 0 Å². The molecule has 0 saturated carbocycles. The number of amides is 1. The number of piperidine rings is 1. The lowest BCUT2D eigenvalue weighted by molar-refractivity contribution is -0.119. The number of imidazole rings is 1. The molecule has 0 radical (unpaired) electrons. The van der Waals surface area contributed by atoms with Crippen LogP contribution in [0, 0.1) is 0 Å². The van der Waals surface area contributed by atoms with Gasteiger partial charge in [-0.3, -0.25) is 9.20 Å². The quantitative estimate of drug-likeness (QED) is 0.450. The number of pyridine rings is 1. The Hall–Kier alpha value is -2.57. The molecule has 1 atom stereocenters. The number of rotatable bonds is 9. The van der Waals surface area contributed by atoms with Crippen LogP contribution in [0.5, 0.6) is 5.75 Å². The molecule has 1 aliphatic heterocycles. The Balaban J connectivity index is 1.52. The highest BCUT2D eigenvalue weighted by Gasteiger charge is 2.18. The van der Waals surface area contributed by atoms with E-state index in [1.54, 1.807) is 0 Å². The van der Waals surface area contributed by atoms with E-state index in [9.17, 15) is 4.79 Å². The lowest BCUT2D eigenvalue weighted by Gasteiger charge is -2.26. The molecule has 1 aliphatic rings. The Labute approximate surface area is 200 Å². The average molecular weight is 469 g/mol. The molecule has 1 aromatic carbocycles. The smallest absolute Gasteiger partial charge is 0.217 e. The summed E-state index contributed by atoms with van der Waals surface area (Å²) in [6.07, 6.45) is 7.64. The van der Waals surface area contributed by atoms with Crippen LogP contribution in [0.2, 0.25) is 5.02 Å². The molecule has 0 bridgehead atoms. The van der Waals surface area contributed by atoms with E-state index in [2.05, 4.69) is 14.6 Å². The van der Waals surface area contributed by atoms with Gasteiger partial charge in [0.15, 0.2) is 0 Å². The lowest BCUT2D eigenvalue weighted by atomic mass is 10.1. The normalized spacial score (nSPS) is 15.5. The fraction of sp³-hybridized carbons (Fsp3) is 0.462. The van der Waals surface area contributed by atoms with Crippen LogP contribution < -0.4 is 10.1 Å². The molecule has 33 heavy (non-hydrogen) atoms. The summed E-state index contributed by atoms with van der Waals surface area (Å²) in [7, 11) is 0. The van der Waals surface area contributed by atoms with Crippen LogP contribution in [0.1, 0.15) is 45.2 Å². The van der Waals surface area contributed by atoms with Crippen molar-refractivity contribution in [2.45, 2.75) is 52.0 Å². The van der Waals surface area contributed by atoms with E-state index in [0.29, 0.717) is 18.1 Å². The Morgan fingerprint density at radius 3 is 2.79 bits per heavy atom. The summed E-state index contributed by atoms with van der Waals surface area (Å²) in [6.45, 7) is 7.74. The van der Waals surface area contributed by atoms with Crippen molar-refractivity contribution in [2.75, 3.05) is 26.2 Å². The van der Waals surface area contributed by atoms with E-state index in [-0.39, 0.29) is 11.9 Å². The average Bonchev–Trinajstić information content (AvgIpc) is 3.13. The Bertz CT molecular complexity index is 1090. The Kier molecular flexibility index (Phi) is 7.89. The summed E-state index contributed by atoms with van der Waals surface area (Å²) >= 11 is 6.28. The first-order valence-corrected chi connectivity index (χ1v) is 12.3. The predicted molar refractivity (Wildman–Crippen MR) is 133 cm³/mol. The van der Waals surface area contributed by atoms with Gasteiger partial charge < -0.3 is 15.0 Å². The minimum atomic E-state index is -0.0455. The second kappa shape index (κ2) is 11.0. The number of ether oxygens (including phenoxy) is 1. The maximum Gasteiger partial charge on any atom is 0.217 e. The molecule has 7 heteroatoms. The zero-order valence-electron chi connectivity index (χ0n) is 19.5. The van der Waals surface area contributed by atoms with Crippen LogP contribution in [0.3, 0.4) is 0 Å². The van der Waals surface area contributed by atoms with Crippen molar-refractivity contribution in [3.05, 3.63) is 53.3 Å². The highest BCUT2D eigenvalue weighted by molar-refractivity contribution is 6.30. The van der Waals surface area contributed by atoms with Crippen molar-refractivity contribution in [3.63, 3.8) is 0 Å². The topological polar surface area (TPSA) is 58.9 Å². The number of aromatic nitrogens is 2. The van der Waals surface area contributed by atoms with Crippen molar-refractivity contribution in [2.24, 2.45) is 0 Å². The second-order valence-corrected chi connectivity index (χ2v) is 9.35. The van der Waals surface area contributed by atoms with Crippen molar-refractivity contribution in [1.29, 1.82) is 0 Å². The lowest BCUT2D eigenvalue weighted by Crippen LogP contribution is -2.32. The van der Waals surface area contributed by atoms with Gasteiger partial charge in [-0.2, -0.15) is 0 Å². The molecule has 1 unspecified atom stereocenters. The third-order valence-corrected chi connectivity index (χ3v) is 6.29. The minimum absolute atomic E-state index is 0.0316. The van der Waals surface area contributed by atoms with Crippen molar-refractivity contribution in [3.8, 4) is 17.0 Å². The molecule has 1 saturated heterocycles. The molecule has 176 valence electrons. The van der Waals surface area contributed by atoms with E-state index in [0.717, 1.165) is 41.3 Å². The number of hydrogen-bond donors (Lipinski definition) is 1. The summed E-state index contributed by atoms with van der Waals surface area (Å²) in [5.41, 5.74) is 3.72. The summed E-state index contributed by atoms with van der Waals surface area (Å²) in [4.78, 5) is 19.0. The van der Waals surface area contributed by atoms with Gasteiger partial charge in [0.1, 0.15) is 11.4 Å². The van der Waals surface area contributed by atoms with Crippen molar-refractivity contribution in [1.82, 2.24) is 19.6 Å². The van der Waals surface area contributed by atoms with E-state index in [1.807, 2.05) is 49.5 Å². The van der Waals surface area contributed by atoms with Gasteiger partial charge in [0.05, 0.1) is 18.0 Å². The summed E-state index contributed by atoms with van der Waals surface area (Å²) in [5, 5.41) is 3.63. The fourth-order valence-corrected chi connectivity index (χ4v) is 4.79. The van der Waals surface area contributed by atoms with Gasteiger partial charge in [-0.05, 0) is 57.5 Å². The molecule has 1 amide bonds. The summed E-state index contributed by atoms with van der Waals surface area (Å²) in [5.74, 6) is 0.779. The van der Waals surface area contributed by atoms with Gasteiger partial charge in [-0.1, -0.05) is 30.2 Å². The van der Waals surface area contributed by atoms with Crippen molar-refractivity contribution < 1.29 is 9.53 Å². The van der Waals surface area contributed by atoms with E-state index in [1.165, 1.54) is 39.3 Å². The molecular weight excluding hydrogens is 436 g/mol. The minimum Gasteiger partial charge on any atom is -0.493 e. The van der Waals surface area contributed by atoms with Gasteiger partial charge in [0, 0.05) is 48.8 Å². The van der Waals surface area contributed by atoms with Gasteiger partial charge in [0.25, 0.3) is 0 Å². The molecule has 1 N–H and O–H groups in total. The zero-order chi connectivity index (χ0) is 23.2. The van der Waals surface area contributed by atoms with Crippen LogP contribution in [-0.4, -0.2) is 52.5 Å². The van der Waals surface area contributed by atoms with Crippen molar-refractivity contribution >= 4 is 23.2 Å². The highest BCUT2D eigenvalue weighted by atomic mass is 35.5. The first-order valence-electron chi connectivity index (χ1n) is 11.9. The Morgan fingerprint density at radius 2 is 2.03 bits per heavy atom. The molecule has 4 rings (SSSR count). The monoisotopic (exact) mass is 468 g/mol. The van der Waals surface area contributed by atoms with Crippen LogP contribution in [-0.2, 0) is 11.2 Å². The molecular formula is C26H33ClN4O2. The number of fused-ring (bicyclic) bond motifs is 1. The molecule has 0 aliphatic carbocycles. The molecule has 3 aromatic rings. The number of carbonyl (C=O) groups is 1. The Morgan fingerprint density at radius 1 is 1.21 bits per heavy atom. The predicted octanol–water partition coefficient (Wildman–Crippen LogP) is 4.98. The standard InChI is InChI=1S/C26H33ClN4O2/c1-19(28-20(2)32)16-24-26(21-8-6-9-22(27)17-21)31-14-10-23(18-25(31)29-24)33-15-7-13-30-11-4-3-5-12-30/h6,8-10,14,17-19H,3-5,7,11-13,15-16H2,1-2H3,(H,28,32). The molecule has 6 nitrogen and oxygen atoms in total. The number of likely N-dealkylation sites (tertiary alicyclic amines) is 1. The van der Waals surface area contributed by atoms with E-state index in [4.69, 9.17) is 21.3 Å². The first-order chi connectivity index (χ1) is 16.0. The third kappa shape index (κ3) is 6.27. The SMILES string of the molecule is CC(=O)NC(C)Cc1nc2cc(OCCCN3CCCCC3)ccn2c1-c1cccc(Cl)c1. The van der Waals surface area contributed by atoms with Gasteiger partial charge in [-0.25, -0.2) is 4.98 Å². The summed E-state index contributed by atoms with van der Waals surface area (Å²) in [6, 6.07) is 11.7. The number of nitrogens with one attached hydrogen (secondary N) is 1. The van der Waals surface area contributed by atoms with Crippen LogP contribution in [0.15, 0.2) is 42.6 Å². The first kappa shape index (κ1) is 23.6. The van der Waals surface area contributed by atoms with Crippen LogP contribution in [0.4, 0.5) is 0 Å². The molecule has 3 heterocycles. The van der Waals surface area contributed by atoms with Crippen LogP contribution >= 0.6 is 11.6 Å². The van der Waals surface area contributed by atoms with Crippen LogP contribution in [0.25, 0.3) is 16.9 Å². The largest absolute Gasteiger partial charge is 0.493 e. The summed E-state index contributed by atoms with van der Waals surface area (Å²) < 4.78 is 8.13. The van der Waals surface area contributed by atoms with Gasteiger partial charge >= 0.3 is 0 Å². The van der Waals surface area contributed by atoms with Gasteiger partial charge in [0.2, 0.25) is 5.91 Å². The van der Waals surface area contributed by atoms with E-state index >= 15 is 0 Å². The highest BCUT2D eigenvalue weighted by Crippen LogP contribution is 2.29. The number of benzene rings is 1. The molecule has 0 spiro atoms. The number of hydrogen-bond acceptors (Lipinski definition) is 4. The maximum absolute atomic E-state index is 11.5. The zero-order valence-corrected chi connectivity index (χ0v) is 20.3. The fourth-order valence-electron chi connectivity index (χ4n) is 4.60. The number of halogens is 1. The number of carbonyl (C=O) groups excluding carboxylic acids is 1. The third-order valence-electron chi connectivity index (χ3n) is 6.05. The number of nitrogens with zero attached hydrogens (tertiary/aromatic N) is 3. The molecule has 2 aromatic heterocycles. The maximum atomic E-state index is 11.5. The second-order valence-electron chi connectivity index (χ2n) is 8.92. The van der Waals surface area contributed by atoms with E-state index < -0.39 is 0 Å².